The maximum absolute atomic E-state index is 5.76. The van der Waals surface area contributed by atoms with Gasteiger partial charge >= 0.3 is 0 Å². The Hall–Kier alpha value is -1.55. The average Bonchev–Trinajstić information content (AvgIpc) is 2.62. The fourth-order valence-electron chi connectivity index (χ4n) is 1.25. The maximum Gasteiger partial charge on any atom is 0.131 e. The highest BCUT2D eigenvalue weighted by Crippen LogP contribution is 2.10. The van der Waals surface area contributed by atoms with Crippen molar-refractivity contribution < 1.29 is 0 Å². The molecule has 0 aliphatic carbocycles. The lowest BCUT2D eigenvalue weighted by atomic mass is 10.4. The average molecular weight is 223 g/mol. The Balaban J connectivity index is 1.99. The molecule has 0 atom stereocenters. The second kappa shape index (κ2) is 4.31. The van der Waals surface area contributed by atoms with E-state index < -0.39 is 0 Å². The van der Waals surface area contributed by atoms with Crippen molar-refractivity contribution in [2.24, 2.45) is 0 Å². The first-order chi connectivity index (χ1) is 7.24. The number of imidazole rings is 1. The van der Waals surface area contributed by atoms with E-state index in [1.54, 1.807) is 12.3 Å². The zero-order chi connectivity index (χ0) is 10.7. The molecule has 5 heteroatoms. The summed E-state index contributed by atoms with van der Waals surface area (Å²) in [6.45, 7) is 2.58. The largest absolute Gasteiger partial charge is 0.364 e. The molecule has 0 radical (unpaired) electrons. The van der Waals surface area contributed by atoms with E-state index in [2.05, 4.69) is 20.3 Å². The molecule has 0 aromatic carbocycles. The number of hydrogen-bond acceptors (Lipinski definition) is 3. The van der Waals surface area contributed by atoms with Crippen molar-refractivity contribution in [3.05, 3.63) is 41.1 Å². The molecule has 0 spiro atoms. The van der Waals surface area contributed by atoms with E-state index in [0.717, 1.165) is 17.3 Å². The number of aromatic amines is 1. The Morgan fingerprint density at radius 1 is 1.47 bits per heavy atom. The third-order valence-corrected chi connectivity index (χ3v) is 2.14. The van der Waals surface area contributed by atoms with Gasteiger partial charge in [-0.1, -0.05) is 17.7 Å². The molecule has 0 saturated heterocycles. The van der Waals surface area contributed by atoms with Crippen LogP contribution in [0.4, 0.5) is 5.82 Å². The van der Waals surface area contributed by atoms with E-state index >= 15 is 0 Å². The number of aromatic nitrogens is 3. The summed E-state index contributed by atoms with van der Waals surface area (Å²) in [6, 6.07) is 5.47. The van der Waals surface area contributed by atoms with Crippen LogP contribution in [0.25, 0.3) is 0 Å². The molecule has 0 aliphatic heterocycles. The van der Waals surface area contributed by atoms with Crippen molar-refractivity contribution in [1.29, 1.82) is 0 Å². The summed E-state index contributed by atoms with van der Waals surface area (Å²) in [4.78, 5) is 11.3. The normalized spacial score (nSPS) is 10.3. The van der Waals surface area contributed by atoms with Gasteiger partial charge in [-0.15, -0.1) is 0 Å². The van der Waals surface area contributed by atoms with Gasteiger partial charge in [0.25, 0.3) is 0 Å². The van der Waals surface area contributed by atoms with Crippen LogP contribution in [0.1, 0.15) is 11.5 Å². The third kappa shape index (κ3) is 2.70. The number of anilines is 1. The van der Waals surface area contributed by atoms with E-state index in [1.807, 2.05) is 19.1 Å². The van der Waals surface area contributed by atoms with Crippen LogP contribution < -0.4 is 5.32 Å². The molecule has 4 nitrogen and oxygen atoms in total. The van der Waals surface area contributed by atoms with Crippen LogP contribution in [-0.2, 0) is 6.54 Å². The second-order valence-electron chi connectivity index (χ2n) is 3.19. The highest BCUT2D eigenvalue weighted by molar-refractivity contribution is 6.29. The number of H-pyrrole nitrogens is 1. The van der Waals surface area contributed by atoms with Gasteiger partial charge in [-0.2, -0.15) is 0 Å². The number of nitrogens with one attached hydrogen (secondary N) is 2. The fraction of sp³-hybridized carbons (Fsp3) is 0.200. The van der Waals surface area contributed by atoms with Gasteiger partial charge in [-0.25, -0.2) is 9.97 Å². The first-order valence-corrected chi connectivity index (χ1v) is 4.99. The molecule has 0 aliphatic rings. The number of aryl methyl sites for hydroxylation is 1. The highest BCUT2D eigenvalue weighted by atomic mass is 35.5. The molecular formula is C10H11ClN4. The smallest absolute Gasteiger partial charge is 0.131 e. The minimum Gasteiger partial charge on any atom is -0.364 e. The van der Waals surface area contributed by atoms with Gasteiger partial charge in [0.1, 0.15) is 16.8 Å². The van der Waals surface area contributed by atoms with Crippen LogP contribution in [-0.4, -0.2) is 15.0 Å². The van der Waals surface area contributed by atoms with Crippen molar-refractivity contribution in [2.75, 3.05) is 5.32 Å². The topological polar surface area (TPSA) is 53.6 Å². The van der Waals surface area contributed by atoms with Crippen molar-refractivity contribution in [3.63, 3.8) is 0 Å². The predicted octanol–water partition coefficient (Wildman–Crippen LogP) is 2.38. The summed E-state index contributed by atoms with van der Waals surface area (Å²) in [6.07, 6.45) is 1.80. The Labute approximate surface area is 92.7 Å². The number of halogens is 1. The summed E-state index contributed by atoms with van der Waals surface area (Å²) in [5.41, 5.74) is 1.02. The van der Waals surface area contributed by atoms with E-state index in [9.17, 15) is 0 Å². The molecule has 78 valence electrons. The first kappa shape index (κ1) is 9.98. The summed E-state index contributed by atoms with van der Waals surface area (Å²) in [7, 11) is 0. The molecule has 0 saturated carbocycles. The molecular weight excluding hydrogens is 212 g/mol. The van der Waals surface area contributed by atoms with Crippen LogP contribution in [0.3, 0.4) is 0 Å². The first-order valence-electron chi connectivity index (χ1n) is 4.61. The monoisotopic (exact) mass is 222 g/mol. The van der Waals surface area contributed by atoms with E-state index in [4.69, 9.17) is 11.6 Å². The third-order valence-electron chi connectivity index (χ3n) is 1.93. The highest BCUT2D eigenvalue weighted by Gasteiger charge is 1.98. The van der Waals surface area contributed by atoms with Crippen molar-refractivity contribution in [3.8, 4) is 0 Å². The zero-order valence-corrected chi connectivity index (χ0v) is 9.04. The van der Waals surface area contributed by atoms with Crippen molar-refractivity contribution in [1.82, 2.24) is 15.0 Å². The molecule has 2 aromatic heterocycles. The van der Waals surface area contributed by atoms with E-state index in [1.165, 1.54) is 0 Å². The van der Waals surface area contributed by atoms with Crippen LogP contribution in [0.15, 0.2) is 24.4 Å². The minimum absolute atomic E-state index is 0.487. The van der Waals surface area contributed by atoms with Crippen LogP contribution >= 0.6 is 11.6 Å². The maximum atomic E-state index is 5.76. The summed E-state index contributed by atoms with van der Waals surface area (Å²) in [5, 5.41) is 3.64. The Kier molecular flexibility index (Phi) is 2.87. The molecule has 15 heavy (non-hydrogen) atoms. The lowest BCUT2D eigenvalue weighted by molar-refractivity contribution is 1.03. The van der Waals surface area contributed by atoms with Crippen LogP contribution in [0.5, 0.6) is 0 Å². The quantitative estimate of drug-likeness (QED) is 0.784. The van der Waals surface area contributed by atoms with Crippen molar-refractivity contribution >= 4 is 17.4 Å². The molecule has 0 fully saturated rings. The molecule has 0 amide bonds. The lowest BCUT2D eigenvalue weighted by Crippen LogP contribution is -2.01. The fourth-order valence-corrected chi connectivity index (χ4v) is 1.42. The van der Waals surface area contributed by atoms with E-state index in [0.29, 0.717) is 11.7 Å². The molecule has 2 aromatic rings. The Morgan fingerprint density at radius 2 is 2.33 bits per heavy atom. The van der Waals surface area contributed by atoms with Gasteiger partial charge in [-0.05, 0) is 19.1 Å². The zero-order valence-electron chi connectivity index (χ0n) is 8.29. The van der Waals surface area contributed by atoms with Crippen LogP contribution in [0, 0.1) is 6.92 Å². The standard InChI is InChI=1S/C10H11ClN4/c1-7-12-5-8(14-7)6-13-10-4-2-3-9(11)15-10/h2-5H,6H2,1H3,(H,12,14)(H,13,15). The van der Waals surface area contributed by atoms with Crippen LogP contribution in [0.2, 0.25) is 5.15 Å². The number of nitrogens with zero attached hydrogens (tertiary/aromatic N) is 2. The lowest BCUT2D eigenvalue weighted by Gasteiger charge is -2.03. The molecule has 2 heterocycles. The molecule has 0 unspecified atom stereocenters. The van der Waals surface area contributed by atoms with Gasteiger partial charge in [0.05, 0.1) is 18.4 Å². The van der Waals surface area contributed by atoms with Gasteiger partial charge in [0.2, 0.25) is 0 Å². The molecule has 2 rings (SSSR count). The summed E-state index contributed by atoms with van der Waals surface area (Å²) < 4.78 is 0. The van der Waals surface area contributed by atoms with Gasteiger partial charge in [0, 0.05) is 0 Å². The minimum atomic E-state index is 0.487. The number of rotatable bonds is 3. The van der Waals surface area contributed by atoms with Crippen molar-refractivity contribution in [2.45, 2.75) is 13.5 Å². The SMILES string of the molecule is Cc1ncc(CNc2cccc(Cl)n2)[nH]1. The number of hydrogen-bond donors (Lipinski definition) is 2. The summed E-state index contributed by atoms with van der Waals surface area (Å²) >= 11 is 5.76. The summed E-state index contributed by atoms with van der Waals surface area (Å²) in [5.74, 6) is 1.67. The van der Waals surface area contributed by atoms with Gasteiger partial charge < -0.3 is 10.3 Å². The Bertz CT molecular complexity index is 452. The number of pyridine rings is 1. The Morgan fingerprint density at radius 3 is 3.00 bits per heavy atom. The second-order valence-corrected chi connectivity index (χ2v) is 3.58. The molecule has 0 bridgehead atoms. The molecule has 2 N–H and O–H groups in total. The van der Waals surface area contributed by atoms with E-state index in [-0.39, 0.29) is 0 Å². The van der Waals surface area contributed by atoms with Gasteiger partial charge in [0.15, 0.2) is 0 Å². The predicted molar refractivity (Wildman–Crippen MR) is 59.9 cm³/mol. The van der Waals surface area contributed by atoms with Gasteiger partial charge in [-0.3, -0.25) is 0 Å².